The number of halogens is 1. The highest BCUT2D eigenvalue weighted by Gasteiger charge is 2.21. The van der Waals surface area contributed by atoms with Gasteiger partial charge in [0.05, 0.1) is 35.4 Å². The molecule has 0 spiro atoms. The number of benzene rings is 3. The Kier molecular flexibility index (Phi) is 5.00. The Morgan fingerprint density at radius 3 is 2.40 bits per heavy atom. The molecule has 35 heavy (non-hydrogen) atoms. The standard InChI is InChI=1S/C27H20ClN5O2/c1-16-7-9-17(10-8-16)14-32-15-29-25-23(27(32)34)24-26(31-21-6-4-3-5-20(21)30-24)33(25)18-11-12-22(35-2)19(28)13-18/h3-13,15H,14H2,1-2H3. The molecule has 0 saturated carbocycles. The van der Waals surface area contributed by atoms with E-state index in [1.54, 1.807) is 30.1 Å². The van der Waals surface area contributed by atoms with Crippen molar-refractivity contribution in [3.8, 4) is 11.4 Å². The van der Waals surface area contributed by atoms with Crippen molar-refractivity contribution in [2.45, 2.75) is 13.5 Å². The van der Waals surface area contributed by atoms with Gasteiger partial charge in [-0.1, -0.05) is 53.6 Å². The second kappa shape index (κ2) is 8.21. The molecule has 8 heteroatoms. The summed E-state index contributed by atoms with van der Waals surface area (Å²) in [4.78, 5) is 28.2. The van der Waals surface area contributed by atoms with Crippen LogP contribution in [0.5, 0.6) is 5.75 Å². The van der Waals surface area contributed by atoms with Gasteiger partial charge in [0.25, 0.3) is 5.56 Å². The molecule has 0 atom stereocenters. The van der Waals surface area contributed by atoms with Crippen LogP contribution in [0.1, 0.15) is 11.1 Å². The molecule has 0 bridgehead atoms. The fraction of sp³-hybridized carbons (Fsp3) is 0.111. The summed E-state index contributed by atoms with van der Waals surface area (Å²) in [5.41, 5.74) is 5.66. The van der Waals surface area contributed by atoms with E-state index >= 15 is 0 Å². The minimum absolute atomic E-state index is 0.177. The minimum atomic E-state index is -0.177. The van der Waals surface area contributed by atoms with Gasteiger partial charge in [-0.05, 0) is 42.8 Å². The van der Waals surface area contributed by atoms with Crippen LogP contribution < -0.4 is 10.3 Å². The van der Waals surface area contributed by atoms with Gasteiger partial charge in [-0.25, -0.2) is 15.0 Å². The molecule has 7 nitrogen and oxygen atoms in total. The zero-order valence-corrected chi connectivity index (χ0v) is 19.8. The van der Waals surface area contributed by atoms with Gasteiger partial charge >= 0.3 is 0 Å². The van der Waals surface area contributed by atoms with Crippen LogP contribution >= 0.6 is 11.6 Å². The molecule has 0 unspecified atom stereocenters. The molecule has 0 radical (unpaired) electrons. The number of hydrogen-bond donors (Lipinski definition) is 0. The Hall–Kier alpha value is -4.23. The molecule has 6 rings (SSSR count). The summed E-state index contributed by atoms with van der Waals surface area (Å²) in [6.45, 7) is 2.44. The lowest BCUT2D eigenvalue weighted by atomic mass is 10.1. The van der Waals surface area contributed by atoms with Crippen molar-refractivity contribution in [1.29, 1.82) is 0 Å². The highest BCUT2D eigenvalue weighted by Crippen LogP contribution is 2.32. The summed E-state index contributed by atoms with van der Waals surface area (Å²) in [6, 6.07) is 21.1. The zero-order valence-electron chi connectivity index (χ0n) is 19.1. The molecule has 0 saturated heterocycles. The Labute approximate surface area is 205 Å². The van der Waals surface area contributed by atoms with Crippen LogP contribution in [0.2, 0.25) is 5.02 Å². The number of methoxy groups -OCH3 is 1. The number of rotatable bonds is 4. The van der Waals surface area contributed by atoms with Gasteiger partial charge in [0.1, 0.15) is 23.0 Å². The van der Waals surface area contributed by atoms with Crippen molar-refractivity contribution in [2.75, 3.05) is 7.11 Å². The van der Waals surface area contributed by atoms with E-state index < -0.39 is 0 Å². The third-order valence-electron chi connectivity index (χ3n) is 6.10. The largest absolute Gasteiger partial charge is 0.495 e. The third kappa shape index (κ3) is 3.52. The Morgan fingerprint density at radius 1 is 0.943 bits per heavy atom. The van der Waals surface area contributed by atoms with E-state index in [2.05, 4.69) is 0 Å². The van der Waals surface area contributed by atoms with Crippen LogP contribution in [0, 0.1) is 6.92 Å². The molecular formula is C27H20ClN5O2. The van der Waals surface area contributed by atoms with Gasteiger partial charge in [0.15, 0.2) is 11.3 Å². The average Bonchev–Trinajstić information content (AvgIpc) is 3.19. The molecule has 0 fully saturated rings. The van der Waals surface area contributed by atoms with E-state index in [4.69, 9.17) is 31.3 Å². The van der Waals surface area contributed by atoms with Gasteiger partial charge in [-0.3, -0.25) is 13.9 Å². The highest BCUT2D eigenvalue weighted by molar-refractivity contribution is 6.32. The fourth-order valence-corrected chi connectivity index (χ4v) is 4.57. The van der Waals surface area contributed by atoms with Crippen LogP contribution in [-0.4, -0.2) is 31.2 Å². The monoisotopic (exact) mass is 481 g/mol. The van der Waals surface area contributed by atoms with Crippen LogP contribution in [0.4, 0.5) is 0 Å². The number of fused-ring (bicyclic) bond motifs is 4. The summed E-state index contributed by atoms with van der Waals surface area (Å²) in [5.74, 6) is 0.557. The second-order valence-electron chi connectivity index (χ2n) is 8.40. The first-order valence-corrected chi connectivity index (χ1v) is 11.5. The summed E-state index contributed by atoms with van der Waals surface area (Å²) in [6.07, 6.45) is 1.57. The molecule has 6 aromatic rings. The van der Waals surface area contributed by atoms with E-state index in [1.165, 1.54) is 0 Å². The quantitative estimate of drug-likeness (QED) is 0.341. The van der Waals surface area contributed by atoms with E-state index in [9.17, 15) is 4.79 Å². The molecule has 0 aliphatic carbocycles. The van der Waals surface area contributed by atoms with Gasteiger partial charge < -0.3 is 4.74 Å². The number of ether oxygens (including phenoxy) is 1. The maximum atomic E-state index is 13.8. The van der Waals surface area contributed by atoms with Crippen molar-refractivity contribution in [3.63, 3.8) is 0 Å². The van der Waals surface area contributed by atoms with Gasteiger partial charge in [-0.15, -0.1) is 0 Å². The number of para-hydroxylation sites is 2. The number of aromatic nitrogens is 5. The van der Waals surface area contributed by atoms with E-state index in [0.717, 1.165) is 16.6 Å². The topological polar surface area (TPSA) is 74.8 Å². The number of nitrogens with zero attached hydrogens (tertiary/aromatic N) is 5. The lowest BCUT2D eigenvalue weighted by molar-refractivity contribution is 0.415. The summed E-state index contributed by atoms with van der Waals surface area (Å²) in [5, 5.41) is 0.862. The van der Waals surface area contributed by atoms with Crippen LogP contribution in [0.15, 0.2) is 77.9 Å². The second-order valence-corrected chi connectivity index (χ2v) is 8.81. The molecule has 3 aromatic heterocycles. The van der Waals surface area contributed by atoms with Crippen LogP contribution in [0.25, 0.3) is 38.9 Å². The maximum Gasteiger partial charge on any atom is 0.265 e. The lowest BCUT2D eigenvalue weighted by Gasteiger charge is -2.10. The summed E-state index contributed by atoms with van der Waals surface area (Å²) in [7, 11) is 1.57. The van der Waals surface area contributed by atoms with E-state index in [0.29, 0.717) is 50.7 Å². The number of aryl methyl sites for hydroxylation is 1. The molecule has 172 valence electrons. The first-order chi connectivity index (χ1) is 17.0. The summed E-state index contributed by atoms with van der Waals surface area (Å²) < 4.78 is 8.74. The van der Waals surface area contributed by atoms with Crippen molar-refractivity contribution in [2.24, 2.45) is 0 Å². The fourth-order valence-electron chi connectivity index (χ4n) is 4.31. The predicted octanol–water partition coefficient (Wildman–Crippen LogP) is 5.30. The first-order valence-electron chi connectivity index (χ1n) is 11.1. The normalized spacial score (nSPS) is 11.5. The molecule has 0 N–H and O–H groups in total. The lowest BCUT2D eigenvalue weighted by Crippen LogP contribution is -2.21. The van der Waals surface area contributed by atoms with Crippen molar-refractivity contribution < 1.29 is 4.74 Å². The van der Waals surface area contributed by atoms with Crippen LogP contribution in [0.3, 0.4) is 0 Å². The first kappa shape index (κ1) is 21.3. The molecular weight excluding hydrogens is 462 g/mol. The third-order valence-corrected chi connectivity index (χ3v) is 6.39. The SMILES string of the molecule is COc1ccc(-n2c3nc4ccccc4nc3c3c(=O)n(Cc4ccc(C)cc4)cnc32)cc1Cl. The van der Waals surface area contributed by atoms with Gasteiger partial charge in [0.2, 0.25) is 0 Å². The van der Waals surface area contributed by atoms with Crippen molar-refractivity contribution in [3.05, 3.63) is 99.6 Å². The Morgan fingerprint density at radius 2 is 1.69 bits per heavy atom. The zero-order chi connectivity index (χ0) is 24.1. The molecule has 3 aromatic carbocycles. The maximum absolute atomic E-state index is 13.8. The number of hydrogen-bond acceptors (Lipinski definition) is 5. The minimum Gasteiger partial charge on any atom is -0.495 e. The molecule has 3 heterocycles. The van der Waals surface area contributed by atoms with E-state index in [1.807, 2.05) is 66.1 Å². The smallest absolute Gasteiger partial charge is 0.265 e. The summed E-state index contributed by atoms with van der Waals surface area (Å²) >= 11 is 6.44. The Balaban J connectivity index is 1.66. The average molecular weight is 482 g/mol. The Bertz CT molecular complexity index is 1810. The highest BCUT2D eigenvalue weighted by atomic mass is 35.5. The van der Waals surface area contributed by atoms with Gasteiger partial charge in [-0.2, -0.15) is 0 Å². The van der Waals surface area contributed by atoms with Crippen molar-refractivity contribution >= 4 is 44.8 Å². The molecule has 0 aliphatic heterocycles. The van der Waals surface area contributed by atoms with Gasteiger partial charge in [0, 0.05) is 0 Å². The predicted molar refractivity (Wildman–Crippen MR) is 138 cm³/mol. The molecule has 0 aliphatic rings. The van der Waals surface area contributed by atoms with E-state index in [-0.39, 0.29) is 5.56 Å². The van der Waals surface area contributed by atoms with Crippen molar-refractivity contribution in [1.82, 2.24) is 24.1 Å². The molecule has 0 amide bonds. The van der Waals surface area contributed by atoms with Crippen LogP contribution in [-0.2, 0) is 6.54 Å².